The third-order valence-corrected chi connectivity index (χ3v) is 3.58. The molecule has 2 aromatic rings. The van der Waals surface area contributed by atoms with Crippen molar-refractivity contribution < 1.29 is 4.79 Å². The highest BCUT2D eigenvalue weighted by atomic mass is 35.5. The molecular formula is C17H17ClO. The predicted molar refractivity (Wildman–Crippen MR) is 80.1 cm³/mol. The number of benzene rings is 2. The van der Waals surface area contributed by atoms with E-state index < -0.39 is 0 Å². The molecule has 0 saturated heterocycles. The van der Waals surface area contributed by atoms with Crippen LogP contribution in [-0.2, 0) is 6.42 Å². The highest BCUT2D eigenvalue weighted by Crippen LogP contribution is 2.19. The van der Waals surface area contributed by atoms with Crippen LogP contribution in [0.2, 0.25) is 5.02 Å². The molecule has 1 nitrogen and oxygen atoms in total. The molecule has 2 aromatic carbocycles. The number of Topliss-reactive ketones (excluding diaryl/α,β-unsaturated/α-hetero) is 1. The van der Waals surface area contributed by atoms with Crippen LogP contribution in [0.3, 0.4) is 0 Å². The van der Waals surface area contributed by atoms with Crippen LogP contribution >= 0.6 is 11.6 Å². The van der Waals surface area contributed by atoms with Crippen LogP contribution in [0.1, 0.15) is 32.6 Å². The van der Waals surface area contributed by atoms with E-state index >= 15 is 0 Å². The molecule has 2 heteroatoms. The van der Waals surface area contributed by atoms with Gasteiger partial charge in [-0.2, -0.15) is 0 Å². The van der Waals surface area contributed by atoms with Crippen LogP contribution in [0.25, 0.3) is 0 Å². The molecule has 0 unspecified atom stereocenters. The van der Waals surface area contributed by atoms with Gasteiger partial charge in [0.2, 0.25) is 0 Å². The van der Waals surface area contributed by atoms with Crippen molar-refractivity contribution in [2.75, 3.05) is 0 Å². The average molecular weight is 273 g/mol. The van der Waals surface area contributed by atoms with Gasteiger partial charge in [0.1, 0.15) is 0 Å². The van der Waals surface area contributed by atoms with E-state index in [1.165, 1.54) is 5.56 Å². The Morgan fingerprint density at radius 1 is 1.00 bits per heavy atom. The third-order valence-electron chi connectivity index (χ3n) is 3.34. The first-order valence-electron chi connectivity index (χ1n) is 6.33. The Hall–Kier alpha value is -1.60. The summed E-state index contributed by atoms with van der Waals surface area (Å²) in [7, 11) is 0. The SMILES string of the molecule is Cc1ccc(C)c(CC(=O)c2ccc(Cl)cc2C)c1. The van der Waals surface area contributed by atoms with Crippen LogP contribution in [0.5, 0.6) is 0 Å². The Kier molecular flexibility index (Phi) is 4.06. The second-order valence-electron chi connectivity index (χ2n) is 4.99. The number of aryl methyl sites for hydroxylation is 3. The lowest BCUT2D eigenvalue weighted by Crippen LogP contribution is -2.07. The summed E-state index contributed by atoms with van der Waals surface area (Å²) in [6.07, 6.45) is 0.440. The summed E-state index contributed by atoms with van der Waals surface area (Å²) < 4.78 is 0. The molecule has 0 atom stereocenters. The van der Waals surface area contributed by atoms with E-state index in [2.05, 4.69) is 18.2 Å². The Morgan fingerprint density at radius 2 is 1.74 bits per heavy atom. The summed E-state index contributed by atoms with van der Waals surface area (Å²) >= 11 is 5.92. The van der Waals surface area contributed by atoms with E-state index in [9.17, 15) is 4.79 Å². The van der Waals surface area contributed by atoms with E-state index in [1.807, 2.05) is 32.9 Å². The van der Waals surface area contributed by atoms with Gasteiger partial charge in [0.25, 0.3) is 0 Å². The van der Waals surface area contributed by atoms with Crippen LogP contribution in [0.4, 0.5) is 0 Å². The molecule has 0 aromatic heterocycles. The summed E-state index contributed by atoms with van der Waals surface area (Å²) in [4.78, 5) is 12.4. The van der Waals surface area contributed by atoms with Gasteiger partial charge >= 0.3 is 0 Å². The topological polar surface area (TPSA) is 17.1 Å². The summed E-state index contributed by atoms with van der Waals surface area (Å²) in [6.45, 7) is 6.00. The molecule has 0 spiro atoms. The lowest BCUT2D eigenvalue weighted by molar-refractivity contribution is 0.0992. The minimum atomic E-state index is 0.142. The number of rotatable bonds is 3. The minimum Gasteiger partial charge on any atom is -0.294 e. The van der Waals surface area contributed by atoms with Gasteiger partial charge in [0.05, 0.1) is 0 Å². The minimum absolute atomic E-state index is 0.142. The molecule has 0 bridgehead atoms. The largest absolute Gasteiger partial charge is 0.294 e. The summed E-state index contributed by atoms with van der Waals surface area (Å²) in [6, 6.07) is 11.6. The Balaban J connectivity index is 2.28. The zero-order valence-corrected chi connectivity index (χ0v) is 12.2. The molecule has 0 amide bonds. The maximum absolute atomic E-state index is 12.4. The number of halogens is 1. The van der Waals surface area contributed by atoms with Crippen molar-refractivity contribution in [2.45, 2.75) is 27.2 Å². The maximum Gasteiger partial charge on any atom is 0.167 e. The lowest BCUT2D eigenvalue weighted by Gasteiger charge is -2.08. The Labute approximate surface area is 119 Å². The highest BCUT2D eigenvalue weighted by Gasteiger charge is 2.11. The normalized spacial score (nSPS) is 10.5. The fraction of sp³-hybridized carbons (Fsp3) is 0.235. The zero-order valence-electron chi connectivity index (χ0n) is 11.5. The Bertz CT molecular complexity index is 629. The van der Waals surface area contributed by atoms with Gasteiger partial charge in [-0.05, 0) is 55.7 Å². The van der Waals surface area contributed by atoms with Gasteiger partial charge in [0.15, 0.2) is 5.78 Å². The summed E-state index contributed by atoms with van der Waals surface area (Å²) in [5, 5.41) is 0.667. The van der Waals surface area contributed by atoms with Crippen molar-refractivity contribution in [1.82, 2.24) is 0 Å². The van der Waals surface area contributed by atoms with Crippen molar-refractivity contribution >= 4 is 17.4 Å². The number of ketones is 1. The number of hydrogen-bond acceptors (Lipinski definition) is 1. The lowest BCUT2D eigenvalue weighted by atomic mass is 9.96. The van der Waals surface area contributed by atoms with Crippen LogP contribution in [0.15, 0.2) is 36.4 Å². The first-order valence-corrected chi connectivity index (χ1v) is 6.70. The first kappa shape index (κ1) is 13.8. The van der Waals surface area contributed by atoms with Crippen molar-refractivity contribution in [3.63, 3.8) is 0 Å². The van der Waals surface area contributed by atoms with E-state index in [0.29, 0.717) is 11.4 Å². The molecule has 0 aliphatic carbocycles. The highest BCUT2D eigenvalue weighted by molar-refractivity contribution is 6.30. The van der Waals surface area contributed by atoms with Crippen LogP contribution in [0, 0.1) is 20.8 Å². The molecule has 19 heavy (non-hydrogen) atoms. The summed E-state index contributed by atoms with van der Waals surface area (Å²) in [5.41, 5.74) is 5.12. The fourth-order valence-electron chi connectivity index (χ4n) is 2.20. The third kappa shape index (κ3) is 3.24. The molecule has 98 valence electrons. The second-order valence-corrected chi connectivity index (χ2v) is 5.43. The standard InChI is InChI=1S/C17H17ClO/c1-11-4-5-12(2)14(8-11)10-17(19)16-7-6-15(18)9-13(16)3/h4-9H,10H2,1-3H3. The predicted octanol–water partition coefficient (Wildman–Crippen LogP) is 4.69. The maximum atomic E-state index is 12.4. The van der Waals surface area contributed by atoms with E-state index in [1.54, 1.807) is 6.07 Å². The van der Waals surface area contributed by atoms with Crippen molar-refractivity contribution in [1.29, 1.82) is 0 Å². The van der Waals surface area contributed by atoms with E-state index in [0.717, 1.165) is 22.3 Å². The first-order chi connectivity index (χ1) is 8.97. The summed E-state index contributed by atoms with van der Waals surface area (Å²) in [5.74, 6) is 0.142. The molecule has 0 aliphatic heterocycles. The van der Waals surface area contributed by atoms with Gasteiger partial charge in [-0.1, -0.05) is 35.4 Å². The van der Waals surface area contributed by atoms with Crippen LogP contribution < -0.4 is 0 Å². The second kappa shape index (κ2) is 5.58. The average Bonchev–Trinajstić information content (AvgIpc) is 2.33. The van der Waals surface area contributed by atoms with E-state index in [-0.39, 0.29) is 5.78 Å². The molecule has 0 aliphatic rings. The van der Waals surface area contributed by atoms with Gasteiger partial charge in [0, 0.05) is 17.0 Å². The zero-order chi connectivity index (χ0) is 14.0. The molecule has 0 saturated carbocycles. The van der Waals surface area contributed by atoms with Gasteiger partial charge < -0.3 is 0 Å². The quantitative estimate of drug-likeness (QED) is 0.741. The molecule has 0 heterocycles. The van der Waals surface area contributed by atoms with Crippen molar-refractivity contribution in [3.05, 3.63) is 69.2 Å². The molecule has 0 radical (unpaired) electrons. The monoisotopic (exact) mass is 272 g/mol. The van der Waals surface area contributed by atoms with Gasteiger partial charge in [-0.3, -0.25) is 4.79 Å². The van der Waals surface area contributed by atoms with Gasteiger partial charge in [-0.15, -0.1) is 0 Å². The van der Waals surface area contributed by atoms with Crippen LogP contribution in [-0.4, -0.2) is 5.78 Å². The van der Waals surface area contributed by atoms with Crippen molar-refractivity contribution in [3.8, 4) is 0 Å². The molecular weight excluding hydrogens is 256 g/mol. The molecule has 0 fully saturated rings. The smallest absolute Gasteiger partial charge is 0.167 e. The van der Waals surface area contributed by atoms with Crippen molar-refractivity contribution in [2.24, 2.45) is 0 Å². The molecule has 0 N–H and O–H groups in total. The number of hydrogen-bond donors (Lipinski definition) is 0. The number of carbonyl (C=O) groups is 1. The Morgan fingerprint density at radius 3 is 2.42 bits per heavy atom. The number of carbonyl (C=O) groups excluding carboxylic acids is 1. The molecule has 2 rings (SSSR count). The van der Waals surface area contributed by atoms with Gasteiger partial charge in [-0.25, -0.2) is 0 Å². The van der Waals surface area contributed by atoms with E-state index in [4.69, 9.17) is 11.6 Å². The fourth-order valence-corrected chi connectivity index (χ4v) is 2.43.